The molecule has 0 spiro atoms. The molecule has 1 saturated carbocycles. The van der Waals surface area contributed by atoms with Crippen LogP contribution in [0, 0.1) is 17.3 Å². The van der Waals surface area contributed by atoms with Gasteiger partial charge in [-0.15, -0.1) is 5.92 Å². The van der Waals surface area contributed by atoms with E-state index in [2.05, 4.69) is 22.5 Å². The van der Waals surface area contributed by atoms with E-state index in [4.69, 9.17) is 0 Å². The summed E-state index contributed by atoms with van der Waals surface area (Å²) in [6.07, 6.45) is 4.18. The zero-order valence-electron chi connectivity index (χ0n) is 10.7. The summed E-state index contributed by atoms with van der Waals surface area (Å²) < 4.78 is 0. The minimum absolute atomic E-state index is 0.188. The van der Waals surface area contributed by atoms with Crippen LogP contribution >= 0.6 is 0 Å². The van der Waals surface area contributed by atoms with Crippen LogP contribution in [0.1, 0.15) is 39.0 Å². The Labute approximate surface area is 107 Å². The lowest BCUT2D eigenvalue weighted by molar-refractivity contribution is -0.150. The summed E-state index contributed by atoms with van der Waals surface area (Å²) in [7, 11) is 0. The molecule has 0 aromatic carbocycles. The van der Waals surface area contributed by atoms with Gasteiger partial charge < -0.3 is 15.7 Å². The first-order chi connectivity index (χ1) is 8.60. The maximum Gasteiger partial charge on any atom is 0.315 e. The van der Waals surface area contributed by atoms with E-state index < -0.39 is 11.4 Å². The number of carbonyl (C=O) groups is 2. The fourth-order valence-corrected chi connectivity index (χ4v) is 2.22. The Morgan fingerprint density at radius 1 is 1.22 bits per heavy atom. The molecule has 0 unspecified atom stereocenters. The van der Waals surface area contributed by atoms with E-state index in [1.165, 1.54) is 0 Å². The smallest absolute Gasteiger partial charge is 0.315 e. The minimum atomic E-state index is -0.809. The Balaban J connectivity index is 2.44. The van der Waals surface area contributed by atoms with E-state index in [0.717, 1.165) is 19.3 Å². The summed E-state index contributed by atoms with van der Waals surface area (Å²) in [6, 6.07) is -0.357. The van der Waals surface area contributed by atoms with Crippen LogP contribution in [-0.2, 0) is 4.79 Å². The van der Waals surface area contributed by atoms with Crippen molar-refractivity contribution in [1.29, 1.82) is 0 Å². The van der Waals surface area contributed by atoms with Crippen LogP contribution in [0.25, 0.3) is 0 Å². The standard InChI is InChI=1S/C13H20N2O3/c1-2-3-9-14-12(18)15-10-13(11(16)17)7-5-4-6-8-13/h4-10H2,1H3,(H,16,17)(H2,14,15,18). The maximum absolute atomic E-state index is 11.4. The van der Waals surface area contributed by atoms with Crippen LogP contribution < -0.4 is 10.6 Å². The van der Waals surface area contributed by atoms with E-state index in [9.17, 15) is 14.7 Å². The predicted molar refractivity (Wildman–Crippen MR) is 68.0 cm³/mol. The molecule has 0 bridgehead atoms. The van der Waals surface area contributed by atoms with Gasteiger partial charge in [0.05, 0.1) is 12.0 Å². The number of urea groups is 1. The molecular formula is C13H20N2O3. The van der Waals surface area contributed by atoms with Crippen LogP contribution in [0.3, 0.4) is 0 Å². The molecule has 0 saturated heterocycles. The monoisotopic (exact) mass is 252 g/mol. The van der Waals surface area contributed by atoms with Crippen molar-refractivity contribution in [2.24, 2.45) is 5.41 Å². The molecule has 0 aromatic rings. The van der Waals surface area contributed by atoms with Crippen molar-refractivity contribution in [3.63, 3.8) is 0 Å². The summed E-state index contributed by atoms with van der Waals surface area (Å²) >= 11 is 0. The van der Waals surface area contributed by atoms with E-state index in [1.807, 2.05) is 0 Å². The molecule has 18 heavy (non-hydrogen) atoms. The summed E-state index contributed by atoms with van der Waals surface area (Å²) in [6.45, 7) is 2.16. The quantitative estimate of drug-likeness (QED) is 0.661. The van der Waals surface area contributed by atoms with Crippen molar-refractivity contribution in [2.45, 2.75) is 39.0 Å². The number of nitrogens with one attached hydrogen (secondary N) is 2. The highest BCUT2D eigenvalue weighted by Gasteiger charge is 2.39. The van der Waals surface area contributed by atoms with Crippen LogP contribution in [0.2, 0.25) is 0 Å². The minimum Gasteiger partial charge on any atom is -0.481 e. The lowest BCUT2D eigenvalue weighted by Crippen LogP contribution is -2.47. The molecule has 0 atom stereocenters. The average Bonchev–Trinajstić information content (AvgIpc) is 2.37. The van der Waals surface area contributed by atoms with Gasteiger partial charge in [0.1, 0.15) is 0 Å². The van der Waals surface area contributed by atoms with E-state index in [0.29, 0.717) is 12.8 Å². The highest BCUT2D eigenvalue weighted by atomic mass is 16.4. The number of hydrogen-bond donors (Lipinski definition) is 3. The van der Waals surface area contributed by atoms with Gasteiger partial charge in [0.2, 0.25) is 0 Å². The van der Waals surface area contributed by atoms with Gasteiger partial charge in [-0.2, -0.15) is 0 Å². The molecular weight excluding hydrogens is 232 g/mol. The van der Waals surface area contributed by atoms with Crippen molar-refractivity contribution >= 4 is 12.0 Å². The second-order valence-electron chi connectivity index (χ2n) is 4.61. The van der Waals surface area contributed by atoms with Crippen LogP contribution in [0.4, 0.5) is 4.79 Å². The first-order valence-electron chi connectivity index (χ1n) is 6.25. The number of carboxylic acids is 1. The highest BCUT2D eigenvalue weighted by Crippen LogP contribution is 2.35. The number of hydrogen-bond acceptors (Lipinski definition) is 2. The van der Waals surface area contributed by atoms with Gasteiger partial charge in [0.25, 0.3) is 0 Å². The van der Waals surface area contributed by atoms with Crippen molar-refractivity contribution in [3.8, 4) is 11.8 Å². The largest absolute Gasteiger partial charge is 0.481 e. The number of amides is 2. The normalized spacial score (nSPS) is 17.2. The molecule has 5 nitrogen and oxygen atoms in total. The topological polar surface area (TPSA) is 78.4 Å². The van der Waals surface area contributed by atoms with E-state index in [1.54, 1.807) is 6.92 Å². The van der Waals surface area contributed by atoms with Gasteiger partial charge in [-0.05, 0) is 19.8 Å². The Morgan fingerprint density at radius 3 is 2.44 bits per heavy atom. The molecule has 1 aliphatic carbocycles. The van der Waals surface area contributed by atoms with Crippen molar-refractivity contribution < 1.29 is 14.7 Å². The molecule has 1 aliphatic rings. The van der Waals surface area contributed by atoms with E-state index in [-0.39, 0.29) is 19.1 Å². The van der Waals surface area contributed by atoms with Gasteiger partial charge in [-0.25, -0.2) is 4.79 Å². The summed E-state index contributed by atoms with van der Waals surface area (Å²) in [4.78, 5) is 22.8. The molecule has 0 heterocycles. The summed E-state index contributed by atoms with van der Waals surface area (Å²) in [5.74, 6) is 4.57. The third kappa shape index (κ3) is 3.95. The SMILES string of the molecule is CC#CCNC(=O)NCC1(C(=O)O)CCCCC1. The van der Waals surface area contributed by atoms with Crippen molar-refractivity contribution in [1.82, 2.24) is 10.6 Å². The molecule has 5 heteroatoms. The van der Waals surface area contributed by atoms with Gasteiger partial charge in [0.15, 0.2) is 0 Å². The Morgan fingerprint density at radius 2 is 1.89 bits per heavy atom. The second kappa shape index (κ2) is 6.90. The lowest BCUT2D eigenvalue weighted by Gasteiger charge is -2.33. The van der Waals surface area contributed by atoms with E-state index >= 15 is 0 Å². The average molecular weight is 252 g/mol. The third-order valence-corrected chi connectivity index (χ3v) is 3.37. The first-order valence-corrected chi connectivity index (χ1v) is 6.25. The zero-order valence-corrected chi connectivity index (χ0v) is 10.7. The number of rotatable bonds is 4. The van der Waals surface area contributed by atoms with Crippen LogP contribution in [-0.4, -0.2) is 30.2 Å². The molecule has 3 N–H and O–H groups in total. The summed E-state index contributed by atoms with van der Waals surface area (Å²) in [5, 5.41) is 14.5. The number of aliphatic carboxylic acids is 1. The Hall–Kier alpha value is -1.70. The van der Waals surface area contributed by atoms with Gasteiger partial charge in [-0.1, -0.05) is 25.2 Å². The number of carboxylic acid groups (broad SMARTS) is 1. The molecule has 100 valence electrons. The second-order valence-corrected chi connectivity index (χ2v) is 4.61. The van der Waals surface area contributed by atoms with Crippen molar-refractivity contribution in [2.75, 3.05) is 13.1 Å². The molecule has 0 radical (unpaired) electrons. The third-order valence-electron chi connectivity index (χ3n) is 3.37. The number of carbonyl (C=O) groups excluding carboxylic acids is 1. The zero-order chi connectivity index (χ0) is 13.4. The fraction of sp³-hybridized carbons (Fsp3) is 0.692. The Kier molecular flexibility index (Phi) is 5.50. The van der Waals surface area contributed by atoms with Crippen molar-refractivity contribution in [3.05, 3.63) is 0 Å². The first kappa shape index (κ1) is 14.4. The van der Waals surface area contributed by atoms with Gasteiger partial charge >= 0.3 is 12.0 Å². The van der Waals surface area contributed by atoms with Crippen LogP contribution in [0.15, 0.2) is 0 Å². The van der Waals surface area contributed by atoms with Crippen LogP contribution in [0.5, 0.6) is 0 Å². The molecule has 2 amide bonds. The summed E-state index contributed by atoms with van der Waals surface area (Å²) in [5.41, 5.74) is -0.786. The highest BCUT2D eigenvalue weighted by molar-refractivity contribution is 5.78. The van der Waals surface area contributed by atoms with Gasteiger partial charge in [-0.3, -0.25) is 4.79 Å². The lowest BCUT2D eigenvalue weighted by atomic mass is 9.74. The molecule has 1 fully saturated rings. The fourth-order valence-electron chi connectivity index (χ4n) is 2.22. The molecule has 0 aromatic heterocycles. The van der Waals surface area contributed by atoms with Gasteiger partial charge in [0, 0.05) is 6.54 Å². The predicted octanol–water partition coefficient (Wildman–Crippen LogP) is 1.34. The maximum atomic E-state index is 11.4. The Bertz CT molecular complexity index is 362. The molecule has 0 aliphatic heterocycles. The molecule has 1 rings (SSSR count).